The molecule has 1 aliphatic rings. The van der Waals surface area contributed by atoms with Crippen LogP contribution in [0.5, 0.6) is 0 Å². The predicted octanol–water partition coefficient (Wildman–Crippen LogP) is 2.79. The van der Waals surface area contributed by atoms with Gasteiger partial charge in [0.05, 0.1) is 0 Å². The van der Waals surface area contributed by atoms with Crippen molar-refractivity contribution in [3.8, 4) is 11.8 Å². The summed E-state index contributed by atoms with van der Waals surface area (Å²) in [6, 6.07) is 1.97. The minimum atomic E-state index is -0.871. The van der Waals surface area contributed by atoms with Crippen molar-refractivity contribution in [2.45, 2.75) is 50.7 Å². The van der Waals surface area contributed by atoms with Gasteiger partial charge in [0.1, 0.15) is 11.7 Å². The molecule has 0 aromatic carbocycles. The molecular weight excluding hydrogens is 232 g/mol. The highest BCUT2D eigenvalue weighted by atomic mass is 32.1. The molecule has 0 saturated heterocycles. The van der Waals surface area contributed by atoms with E-state index in [2.05, 4.69) is 11.8 Å². The van der Waals surface area contributed by atoms with Crippen molar-refractivity contribution in [2.75, 3.05) is 0 Å². The van der Waals surface area contributed by atoms with E-state index in [9.17, 15) is 10.2 Å². The average Bonchev–Trinajstić information content (AvgIpc) is 2.74. The fraction of sp³-hybridized carbons (Fsp3) is 0.571. The van der Waals surface area contributed by atoms with Gasteiger partial charge >= 0.3 is 0 Å². The van der Waals surface area contributed by atoms with Crippen LogP contribution in [-0.2, 0) is 0 Å². The van der Waals surface area contributed by atoms with Crippen LogP contribution in [0.2, 0.25) is 0 Å². The van der Waals surface area contributed by atoms with Gasteiger partial charge in [-0.3, -0.25) is 0 Å². The molecule has 2 rings (SSSR count). The van der Waals surface area contributed by atoms with Gasteiger partial charge in [-0.25, -0.2) is 0 Å². The zero-order valence-electron chi connectivity index (χ0n) is 10.1. The largest absolute Gasteiger partial charge is 0.378 e. The summed E-state index contributed by atoms with van der Waals surface area (Å²) in [6.45, 7) is 1.96. The number of hydrogen-bond donors (Lipinski definition) is 2. The lowest BCUT2D eigenvalue weighted by molar-refractivity contribution is 0.0604. The molecule has 0 bridgehead atoms. The molecule has 0 aliphatic heterocycles. The Bertz CT molecular complexity index is 433. The molecule has 1 aromatic heterocycles. The van der Waals surface area contributed by atoms with Crippen molar-refractivity contribution in [1.82, 2.24) is 0 Å². The molecule has 1 fully saturated rings. The highest BCUT2D eigenvalue weighted by molar-refractivity contribution is 7.10. The molecule has 17 heavy (non-hydrogen) atoms. The van der Waals surface area contributed by atoms with Crippen molar-refractivity contribution < 1.29 is 10.2 Å². The summed E-state index contributed by atoms with van der Waals surface area (Å²) in [5, 5.41) is 22.1. The molecule has 2 N–H and O–H groups in total. The van der Waals surface area contributed by atoms with Crippen LogP contribution < -0.4 is 0 Å². The minimum absolute atomic E-state index is 0.732. The van der Waals surface area contributed by atoms with Crippen LogP contribution in [0.3, 0.4) is 0 Å². The maximum Gasteiger partial charge on any atom is 0.149 e. The van der Waals surface area contributed by atoms with E-state index in [0.29, 0.717) is 0 Å². The third-order valence-corrected chi connectivity index (χ3v) is 4.34. The van der Waals surface area contributed by atoms with Gasteiger partial charge in [0, 0.05) is 4.88 Å². The first-order valence-corrected chi connectivity index (χ1v) is 6.96. The second-order valence-electron chi connectivity index (χ2n) is 4.73. The van der Waals surface area contributed by atoms with Crippen LogP contribution in [0.25, 0.3) is 0 Å². The van der Waals surface area contributed by atoms with Crippen LogP contribution in [0.15, 0.2) is 11.4 Å². The molecule has 92 valence electrons. The van der Waals surface area contributed by atoms with Crippen molar-refractivity contribution in [2.24, 2.45) is 0 Å². The van der Waals surface area contributed by atoms with Crippen LogP contribution >= 0.6 is 11.3 Å². The first-order chi connectivity index (χ1) is 8.11. The Morgan fingerprint density at radius 1 is 1.35 bits per heavy atom. The first kappa shape index (κ1) is 12.6. The SMILES string of the molecule is Cc1ccsc1C(O)C#CC1(O)CCCCC1. The highest BCUT2D eigenvalue weighted by Crippen LogP contribution is 2.28. The normalized spacial score (nSPS) is 20.4. The summed E-state index contributed by atoms with van der Waals surface area (Å²) in [6.07, 6.45) is 3.93. The zero-order chi connectivity index (χ0) is 12.3. The van der Waals surface area contributed by atoms with Crippen LogP contribution in [0.1, 0.15) is 48.6 Å². The summed E-state index contributed by atoms with van der Waals surface area (Å²) in [4.78, 5) is 0.886. The van der Waals surface area contributed by atoms with Gasteiger partial charge in [0.15, 0.2) is 0 Å². The van der Waals surface area contributed by atoms with Crippen LogP contribution in [-0.4, -0.2) is 15.8 Å². The van der Waals surface area contributed by atoms with Crippen LogP contribution in [0.4, 0.5) is 0 Å². The van der Waals surface area contributed by atoms with Gasteiger partial charge in [-0.1, -0.05) is 18.3 Å². The standard InChI is InChI=1S/C14H18O2S/c1-11-6-10-17-13(11)12(15)5-9-14(16)7-3-2-4-8-14/h6,10,12,15-16H,2-4,7-8H2,1H3. The number of aryl methyl sites for hydroxylation is 1. The van der Waals surface area contributed by atoms with Gasteiger partial charge in [-0.2, -0.15) is 0 Å². The van der Waals surface area contributed by atoms with Crippen molar-refractivity contribution in [3.05, 3.63) is 21.9 Å². The molecule has 1 aliphatic carbocycles. The molecule has 0 spiro atoms. The molecule has 1 heterocycles. The molecule has 0 radical (unpaired) electrons. The Hall–Kier alpha value is -0.820. The fourth-order valence-corrected chi connectivity index (χ4v) is 3.06. The number of aliphatic hydroxyl groups excluding tert-OH is 1. The Morgan fingerprint density at radius 2 is 2.06 bits per heavy atom. The smallest absolute Gasteiger partial charge is 0.149 e. The zero-order valence-corrected chi connectivity index (χ0v) is 10.9. The third-order valence-electron chi connectivity index (χ3n) is 3.27. The third kappa shape index (κ3) is 3.10. The molecular formula is C14H18O2S. The fourth-order valence-electron chi connectivity index (χ4n) is 2.19. The quantitative estimate of drug-likeness (QED) is 0.752. The summed E-state index contributed by atoms with van der Waals surface area (Å²) in [7, 11) is 0. The number of thiophene rings is 1. The lowest BCUT2D eigenvalue weighted by Gasteiger charge is -2.26. The molecule has 1 atom stereocenters. The minimum Gasteiger partial charge on any atom is -0.378 e. The number of rotatable bonds is 1. The topological polar surface area (TPSA) is 40.5 Å². The Labute approximate surface area is 106 Å². The van der Waals surface area contributed by atoms with Crippen molar-refractivity contribution in [1.29, 1.82) is 0 Å². The highest BCUT2D eigenvalue weighted by Gasteiger charge is 2.26. The molecule has 2 nitrogen and oxygen atoms in total. The summed E-state index contributed by atoms with van der Waals surface area (Å²) in [5.74, 6) is 5.68. The van der Waals surface area contributed by atoms with Crippen LogP contribution in [0, 0.1) is 18.8 Å². The molecule has 0 amide bonds. The average molecular weight is 250 g/mol. The van der Waals surface area contributed by atoms with E-state index in [-0.39, 0.29) is 0 Å². The van der Waals surface area contributed by atoms with Gasteiger partial charge in [-0.05, 0) is 49.6 Å². The second-order valence-corrected chi connectivity index (χ2v) is 5.68. The Morgan fingerprint density at radius 3 is 2.65 bits per heavy atom. The molecule has 1 aromatic rings. The van der Waals surface area contributed by atoms with E-state index in [1.54, 1.807) is 0 Å². The first-order valence-electron chi connectivity index (χ1n) is 6.08. The van der Waals surface area contributed by atoms with E-state index < -0.39 is 11.7 Å². The summed E-state index contributed by atoms with van der Waals surface area (Å²) < 4.78 is 0. The molecule has 1 unspecified atom stereocenters. The molecule has 1 saturated carbocycles. The predicted molar refractivity (Wildman–Crippen MR) is 69.8 cm³/mol. The lowest BCUT2D eigenvalue weighted by atomic mass is 9.85. The van der Waals surface area contributed by atoms with Gasteiger partial charge in [0.2, 0.25) is 0 Å². The summed E-state index contributed by atoms with van der Waals surface area (Å²) in [5.41, 5.74) is 0.192. The van der Waals surface area contributed by atoms with Crippen molar-refractivity contribution >= 4 is 11.3 Å². The Kier molecular flexibility index (Phi) is 3.88. The molecule has 3 heteroatoms. The maximum absolute atomic E-state index is 10.2. The van der Waals surface area contributed by atoms with Gasteiger partial charge in [-0.15, -0.1) is 11.3 Å². The van der Waals surface area contributed by atoms with Gasteiger partial charge in [0.25, 0.3) is 0 Å². The van der Waals surface area contributed by atoms with E-state index in [1.807, 2.05) is 18.4 Å². The Balaban J connectivity index is 2.08. The summed E-state index contributed by atoms with van der Waals surface area (Å²) >= 11 is 1.51. The van der Waals surface area contributed by atoms with E-state index in [0.717, 1.165) is 36.1 Å². The van der Waals surface area contributed by atoms with E-state index >= 15 is 0 Å². The van der Waals surface area contributed by atoms with Crippen molar-refractivity contribution in [3.63, 3.8) is 0 Å². The maximum atomic E-state index is 10.2. The van der Waals surface area contributed by atoms with E-state index in [1.165, 1.54) is 17.8 Å². The van der Waals surface area contributed by atoms with Gasteiger partial charge < -0.3 is 10.2 Å². The van der Waals surface area contributed by atoms with E-state index in [4.69, 9.17) is 0 Å². The number of aliphatic hydroxyl groups is 2. The lowest BCUT2D eigenvalue weighted by Crippen LogP contribution is -2.29. The number of hydrogen-bond acceptors (Lipinski definition) is 3. The monoisotopic (exact) mass is 250 g/mol. The second kappa shape index (κ2) is 5.22.